The van der Waals surface area contributed by atoms with E-state index < -0.39 is 0 Å². The Kier molecular flexibility index (Phi) is 5.69. The van der Waals surface area contributed by atoms with Crippen molar-refractivity contribution in [1.29, 1.82) is 0 Å². The van der Waals surface area contributed by atoms with E-state index in [-0.39, 0.29) is 12.6 Å². The summed E-state index contributed by atoms with van der Waals surface area (Å²) in [5.41, 5.74) is 2.07. The van der Waals surface area contributed by atoms with Gasteiger partial charge in [0.05, 0.1) is 13.7 Å². The SMILES string of the molecule is COc1ccc(N[C@@H](C#CCCO)c2ccccc2)cc1. The summed E-state index contributed by atoms with van der Waals surface area (Å²) in [4.78, 5) is 0. The molecule has 0 aliphatic carbocycles. The summed E-state index contributed by atoms with van der Waals surface area (Å²) in [6, 6.07) is 17.7. The number of hydrogen-bond donors (Lipinski definition) is 2. The maximum Gasteiger partial charge on any atom is 0.119 e. The third-order valence-corrected chi connectivity index (χ3v) is 3.02. The molecule has 0 aliphatic heterocycles. The number of hydrogen-bond acceptors (Lipinski definition) is 3. The van der Waals surface area contributed by atoms with Crippen LogP contribution in [0.2, 0.25) is 0 Å². The average molecular weight is 281 g/mol. The largest absolute Gasteiger partial charge is 0.497 e. The van der Waals surface area contributed by atoms with Crippen molar-refractivity contribution in [2.24, 2.45) is 0 Å². The van der Waals surface area contributed by atoms with E-state index in [2.05, 4.69) is 17.2 Å². The van der Waals surface area contributed by atoms with Gasteiger partial charge < -0.3 is 15.2 Å². The number of methoxy groups -OCH3 is 1. The fourth-order valence-corrected chi connectivity index (χ4v) is 1.93. The molecule has 0 heterocycles. The molecular weight excluding hydrogens is 262 g/mol. The summed E-state index contributed by atoms with van der Waals surface area (Å²) in [6.07, 6.45) is 0.480. The van der Waals surface area contributed by atoms with E-state index in [0.29, 0.717) is 6.42 Å². The van der Waals surface area contributed by atoms with Crippen molar-refractivity contribution in [1.82, 2.24) is 0 Å². The molecule has 2 aromatic rings. The first kappa shape index (κ1) is 15.0. The van der Waals surface area contributed by atoms with Crippen LogP contribution >= 0.6 is 0 Å². The molecule has 0 radical (unpaired) electrons. The molecule has 2 N–H and O–H groups in total. The van der Waals surface area contributed by atoms with Crippen LogP contribution in [-0.2, 0) is 0 Å². The molecule has 108 valence electrons. The molecule has 2 aromatic carbocycles. The van der Waals surface area contributed by atoms with Crippen LogP contribution in [-0.4, -0.2) is 18.8 Å². The third-order valence-electron chi connectivity index (χ3n) is 3.02. The van der Waals surface area contributed by atoms with E-state index in [9.17, 15) is 0 Å². The van der Waals surface area contributed by atoms with E-state index in [4.69, 9.17) is 9.84 Å². The van der Waals surface area contributed by atoms with Gasteiger partial charge in [0.25, 0.3) is 0 Å². The van der Waals surface area contributed by atoms with Crippen molar-refractivity contribution in [3.63, 3.8) is 0 Å². The maximum atomic E-state index is 8.86. The molecule has 0 aliphatic rings. The molecule has 0 saturated heterocycles. The number of rotatable bonds is 5. The van der Waals surface area contributed by atoms with Crippen LogP contribution in [0.5, 0.6) is 5.75 Å². The van der Waals surface area contributed by atoms with Gasteiger partial charge in [-0.1, -0.05) is 42.2 Å². The van der Waals surface area contributed by atoms with Crippen LogP contribution in [0.1, 0.15) is 18.0 Å². The van der Waals surface area contributed by atoms with Gasteiger partial charge in [-0.2, -0.15) is 0 Å². The zero-order valence-corrected chi connectivity index (χ0v) is 12.0. The minimum absolute atomic E-state index is 0.0804. The van der Waals surface area contributed by atoms with Gasteiger partial charge >= 0.3 is 0 Å². The highest BCUT2D eigenvalue weighted by molar-refractivity contribution is 5.50. The Morgan fingerprint density at radius 1 is 1.10 bits per heavy atom. The third kappa shape index (κ3) is 4.55. The molecule has 21 heavy (non-hydrogen) atoms. The lowest BCUT2D eigenvalue weighted by Crippen LogP contribution is -2.08. The highest BCUT2D eigenvalue weighted by atomic mass is 16.5. The maximum absolute atomic E-state index is 8.86. The number of nitrogens with one attached hydrogen (secondary N) is 1. The second kappa shape index (κ2) is 7.98. The molecule has 0 bridgehead atoms. The summed E-state index contributed by atoms with van der Waals surface area (Å²) in [6.45, 7) is 0.0804. The molecule has 0 spiro atoms. The number of ether oxygens (including phenoxy) is 1. The Hall–Kier alpha value is -2.44. The van der Waals surface area contributed by atoms with E-state index in [1.807, 2.05) is 54.6 Å². The van der Waals surface area contributed by atoms with Gasteiger partial charge in [-0.15, -0.1) is 0 Å². The van der Waals surface area contributed by atoms with Crippen LogP contribution in [0.25, 0.3) is 0 Å². The molecule has 0 saturated carbocycles. The number of aliphatic hydroxyl groups is 1. The van der Waals surface area contributed by atoms with E-state index >= 15 is 0 Å². The lowest BCUT2D eigenvalue weighted by molar-refractivity contribution is 0.305. The first-order chi connectivity index (χ1) is 10.3. The molecule has 3 nitrogen and oxygen atoms in total. The zero-order valence-electron chi connectivity index (χ0n) is 12.0. The lowest BCUT2D eigenvalue weighted by atomic mass is 10.1. The number of benzene rings is 2. The molecule has 0 aromatic heterocycles. The standard InChI is InChI=1S/C18H19NO2/c1-21-17-12-10-16(11-13-17)19-18(9-5-6-14-20)15-7-3-2-4-8-15/h2-4,7-8,10-13,18-20H,6,14H2,1H3/t18-/m0/s1. The van der Waals surface area contributed by atoms with Crippen LogP contribution in [0.3, 0.4) is 0 Å². The van der Waals surface area contributed by atoms with Crippen molar-refractivity contribution >= 4 is 5.69 Å². The minimum atomic E-state index is -0.105. The van der Waals surface area contributed by atoms with Crippen molar-refractivity contribution < 1.29 is 9.84 Å². The van der Waals surface area contributed by atoms with E-state index in [1.165, 1.54) is 0 Å². The van der Waals surface area contributed by atoms with Crippen LogP contribution < -0.4 is 10.1 Å². The Morgan fingerprint density at radius 2 is 1.81 bits per heavy atom. The zero-order chi connectivity index (χ0) is 14.9. The van der Waals surface area contributed by atoms with Gasteiger partial charge in [-0.25, -0.2) is 0 Å². The van der Waals surface area contributed by atoms with Gasteiger partial charge in [0.1, 0.15) is 11.8 Å². The molecule has 0 unspecified atom stereocenters. The summed E-state index contributed by atoms with van der Waals surface area (Å²) in [5.74, 6) is 6.97. The molecule has 2 rings (SSSR count). The molecule has 1 atom stereocenters. The highest BCUT2D eigenvalue weighted by Gasteiger charge is 2.07. The highest BCUT2D eigenvalue weighted by Crippen LogP contribution is 2.21. The van der Waals surface area contributed by atoms with E-state index in [0.717, 1.165) is 17.0 Å². The Labute approximate surface area is 125 Å². The van der Waals surface area contributed by atoms with Crippen LogP contribution in [0, 0.1) is 11.8 Å². The van der Waals surface area contributed by atoms with Gasteiger partial charge in [-0.3, -0.25) is 0 Å². The second-order valence-corrected chi connectivity index (χ2v) is 4.51. The fourth-order valence-electron chi connectivity index (χ4n) is 1.93. The van der Waals surface area contributed by atoms with E-state index in [1.54, 1.807) is 7.11 Å². The topological polar surface area (TPSA) is 41.5 Å². The lowest BCUT2D eigenvalue weighted by Gasteiger charge is -2.15. The van der Waals surface area contributed by atoms with Gasteiger partial charge in [0.2, 0.25) is 0 Å². The van der Waals surface area contributed by atoms with Gasteiger partial charge in [0, 0.05) is 12.1 Å². The van der Waals surface area contributed by atoms with Crippen molar-refractivity contribution in [3.05, 3.63) is 60.2 Å². The molecular formula is C18H19NO2. The second-order valence-electron chi connectivity index (χ2n) is 4.51. The smallest absolute Gasteiger partial charge is 0.119 e. The molecule has 0 amide bonds. The normalized spacial score (nSPS) is 11.1. The number of aliphatic hydroxyl groups excluding tert-OH is 1. The summed E-state index contributed by atoms with van der Waals surface area (Å²) < 4.78 is 5.15. The Bertz CT molecular complexity index is 597. The van der Waals surface area contributed by atoms with Crippen molar-refractivity contribution in [2.45, 2.75) is 12.5 Å². The number of anilines is 1. The monoisotopic (exact) mass is 281 g/mol. The quantitative estimate of drug-likeness (QED) is 0.827. The summed E-state index contributed by atoms with van der Waals surface area (Å²) >= 11 is 0. The minimum Gasteiger partial charge on any atom is -0.497 e. The van der Waals surface area contributed by atoms with Crippen LogP contribution in [0.4, 0.5) is 5.69 Å². The predicted octanol–water partition coefficient (Wildman–Crippen LogP) is 3.23. The summed E-state index contributed by atoms with van der Waals surface area (Å²) in [7, 11) is 1.65. The first-order valence-corrected chi connectivity index (χ1v) is 6.88. The molecule has 0 fully saturated rings. The predicted molar refractivity (Wildman–Crippen MR) is 85.3 cm³/mol. The fraction of sp³-hybridized carbons (Fsp3) is 0.222. The Morgan fingerprint density at radius 3 is 2.43 bits per heavy atom. The first-order valence-electron chi connectivity index (χ1n) is 6.88. The molecule has 3 heteroatoms. The Balaban J connectivity index is 2.17. The van der Waals surface area contributed by atoms with Gasteiger partial charge in [0.15, 0.2) is 0 Å². The summed E-state index contributed by atoms with van der Waals surface area (Å²) in [5, 5.41) is 12.3. The van der Waals surface area contributed by atoms with Crippen LogP contribution in [0.15, 0.2) is 54.6 Å². The average Bonchev–Trinajstić information content (AvgIpc) is 2.55. The van der Waals surface area contributed by atoms with Gasteiger partial charge in [-0.05, 0) is 29.8 Å². The van der Waals surface area contributed by atoms with Crippen molar-refractivity contribution in [3.8, 4) is 17.6 Å². The van der Waals surface area contributed by atoms with Crippen molar-refractivity contribution in [2.75, 3.05) is 19.0 Å².